The molecule has 0 bridgehead atoms. The van der Waals surface area contributed by atoms with Crippen molar-refractivity contribution in [1.82, 2.24) is 5.32 Å². The van der Waals surface area contributed by atoms with Gasteiger partial charge in [-0.1, -0.05) is 13.0 Å². The fraction of sp³-hybridized carbons (Fsp3) is 0.700. The summed E-state index contributed by atoms with van der Waals surface area (Å²) in [4.78, 5) is 11.3. The molecule has 0 fully saturated rings. The van der Waals surface area contributed by atoms with E-state index in [0.717, 1.165) is 0 Å². The molecule has 0 aromatic carbocycles. The van der Waals surface area contributed by atoms with Gasteiger partial charge in [0.25, 0.3) is 0 Å². The Bertz CT molecular complexity index is 388. The van der Waals surface area contributed by atoms with Crippen LogP contribution in [-0.2, 0) is 19.4 Å². The van der Waals surface area contributed by atoms with Gasteiger partial charge >= 0.3 is 5.97 Å². The van der Waals surface area contributed by atoms with Gasteiger partial charge in [0.1, 0.15) is 0 Å². The van der Waals surface area contributed by atoms with Crippen LogP contribution in [0.15, 0.2) is 11.5 Å². The lowest BCUT2D eigenvalue weighted by molar-refractivity contribution is -0.145. The highest BCUT2D eigenvalue weighted by Crippen LogP contribution is 2.11. The van der Waals surface area contributed by atoms with E-state index in [2.05, 4.69) is 10.1 Å². The first-order valence-electron chi connectivity index (χ1n) is 5.10. The maximum absolute atomic E-state index is 11.3. The quantitative estimate of drug-likeness (QED) is 0.712. The lowest BCUT2D eigenvalue weighted by atomic mass is 10.0. The van der Waals surface area contributed by atoms with Gasteiger partial charge in [-0.2, -0.15) is 0 Å². The number of hydrogen-bond acceptors (Lipinski definition) is 5. The number of nitrogens with one attached hydrogen (secondary N) is 1. The van der Waals surface area contributed by atoms with Crippen LogP contribution in [0.3, 0.4) is 0 Å². The summed E-state index contributed by atoms with van der Waals surface area (Å²) < 4.78 is 27.0. The number of carbonyl (C=O) groups excluding carboxylic acids is 1. The van der Waals surface area contributed by atoms with Crippen molar-refractivity contribution in [2.75, 3.05) is 12.9 Å². The van der Waals surface area contributed by atoms with E-state index in [1.165, 1.54) is 12.5 Å². The van der Waals surface area contributed by atoms with Crippen molar-refractivity contribution in [3.8, 4) is 0 Å². The zero-order valence-electron chi connectivity index (χ0n) is 9.64. The van der Waals surface area contributed by atoms with Gasteiger partial charge in [-0.15, -0.1) is 0 Å². The summed E-state index contributed by atoms with van der Waals surface area (Å²) in [6.07, 6.45) is 1.61. The minimum Gasteiger partial charge on any atom is -0.469 e. The van der Waals surface area contributed by atoms with E-state index >= 15 is 0 Å². The van der Waals surface area contributed by atoms with Crippen molar-refractivity contribution >= 4 is 15.8 Å². The third-order valence-electron chi connectivity index (χ3n) is 2.73. The second-order valence-corrected chi connectivity index (χ2v) is 5.96. The third-order valence-corrected chi connectivity index (χ3v) is 4.13. The van der Waals surface area contributed by atoms with Crippen LogP contribution in [0.5, 0.6) is 0 Å². The van der Waals surface area contributed by atoms with Crippen molar-refractivity contribution in [3.05, 3.63) is 11.5 Å². The van der Waals surface area contributed by atoms with Crippen LogP contribution in [0.4, 0.5) is 0 Å². The van der Waals surface area contributed by atoms with Crippen LogP contribution < -0.4 is 5.32 Å². The molecule has 6 heteroatoms. The van der Waals surface area contributed by atoms with Crippen molar-refractivity contribution in [2.45, 2.75) is 25.9 Å². The normalized spacial score (nSPS) is 26.3. The van der Waals surface area contributed by atoms with E-state index in [4.69, 9.17) is 0 Å². The van der Waals surface area contributed by atoms with Gasteiger partial charge in [0.15, 0.2) is 9.84 Å². The van der Waals surface area contributed by atoms with Gasteiger partial charge in [-0.05, 0) is 6.92 Å². The van der Waals surface area contributed by atoms with Gasteiger partial charge in [0, 0.05) is 17.5 Å². The van der Waals surface area contributed by atoms with E-state index in [1.807, 2.05) is 6.92 Å². The van der Waals surface area contributed by atoms with Gasteiger partial charge in [0.05, 0.1) is 18.8 Å². The molecule has 0 aromatic rings. The number of esters is 1. The van der Waals surface area contributed by atoms with Crippen molar-refractivity contribution in [2.24, 2.45) is 5.92 Å². The molecule has 92 valence electrons. The summed E-state index contributed by atoms with van der Waals surface area (Å²) in [7, 11) is -1.71. The number of rotatable bonds is 4. The number of ether oxygens (including phenoxy) is 1. The van der Waals surface area contributed by atoms with Gasteiger partial charge < -0.3 is 10.1 Å². The van der Waals surface area contributed by atoms with Gasteiger partial charge in [-0.3, -0.25) is 4.79 Å². The smallest absolute Gasteiger partial charge is 0.309 e. The van der Waals surface area contributed by atoms with Gasteiger partial charge in [-0.25, -0.2) is 8.42 Å². The van der Waals surface area contributed by atoms with Crippen LogP contribution in [0.2, 0.25) is 0 Å². The van der Waals surface area contributed by atoms with E-state index in [9.17, 15) is 13.2 Å². The van der Waals surface area contributed by atoms with Gasteiger partial charge in [0.2, 0.25) is 0 Å². The molecular weight excluding hydrogens is 230 g/mol. The van der Waals surface area contributed by atoms with Crippen LogP contribution in [0.25, 0.3) is 0 Å². The van der Waals surface area contributed by atoms with E-state index in [1.54, 1.807) is 13.0 Å². The average molecular weight is 247 g/mol. The molecule has 0 radical (unpaired) electrons. The first kappa shape index (κ1) is 13.2. The van der Waals surface area contributed by atoms with Crippen LogP contribution in [-0.4, -0.2) is 39.3 Å². The molecular formula is C10H17NO4S. The van der Waals surface area contributed by atoms with Crippen LogP contribution in [0, 0.1) is 5.92 Å². The average Bonchev–Trinajstić information content (AvgIpc) is 2.55. The van der Waals surface area contributed by atoms with E-state index < -0.39 is 9.84 Å². The number of carbonyl (C=O) groups is 1. The highest BCUT2D eigenvalue weighted by Gasteiger charge is 2.27. The molecule has 0 aliphatic carbocycles. The molecule has 5 nitrogen and oxygen atoms in total. The first-order valence-corrected chi connectivity index (χ1v) is 6.82. The number of methoxy groups -OCH3 is 1. The molecule has 1 aliphatic rings. The highest BCUT2D eigenvalue weighted by atomic mass is 32.2. The van der Waals surface area contributed by atoms with Crippen LogP contribution >= 0.6 is 0 Å². The SMILES string of the molecule is COC(=O)C(C)C(C)NC1C=CS(=O)(=O)C1. The summed E-state index contributed by atoms with van der Waals surface area (Å²) >= 11 is 0. The Morgan fingerprint density at radius 3 is 2.56 bits per heavy atom. The minimum absolute atomic E-state index is 0.0607. The van der Waals surface area contributed by atoms with E-state index in [0.29, 0.717) is 0 Å². The second kappa shape index (κ2) is 4.97. The topological polar surface area (TPSA) is 72.5 Å². The predicted molar refractivity (Wildman–Crippen MR) is 60.5 cm³/mol. The van der Waals surface area contributed by atoms with Crippen molar-refractivity contribution < 1.29 is 17.9 Å². The molecule has 0 saturated heterocycles. The molecule has 16 heavy (non-hydrogen) atoms. The Kier molecular flexibility index (Phi) is 4.09. The standard InChI is InChI=1S/C10H17NO4S/c1-7(10(12)15-3)8(2)11-9-4-5-16(13,14)6-9/h4-5,7-9,11H,6H2,1-3H3. The fourth-order valence-corrected chi connectivity index (χ4v) is 2.80. The Labute approximate surface area is 95.8 Å². The molecule has 1 N–H and O–H groups in total. The monoisotopic (exact) mass is 247 g/mol. The lowest BCUT2D eigenvalue weighted by Crippen LogP contribution is -2.43. The maximum atomic E-state index is 11.3. The summed E-state index contributed by atoms with van der Waals surface area (Å²) in [5.74, 6) is -0.544. The predicted octanol–water partition coefficient (Wildman–Crippen LogP) is 0.0843. The summed E-state index contributed by atoms with van der Waals surface area (Å²) in [5, 5.41) is 4.29. The highest BCUT2D eigenvalue weighted by molar-refractivity contribution is 7.94. The molecule has 3 atom stereocenters. The fourth-order valence-electron chi connectivity index (χ4n) is 1.55. The first-order chi connectivity index (χ1) is 7.35. The molecule has 0 aromatic heterocycles. The Hall–Kier alpha value is -0.880. The van der Waals surface area contributed by atoms with Crippen molar-refractivity contribution in [3.63, 3.8) is 0 Å². The molecule has 1 rings (SSSR count). The Morgan fingerprint density at radius 2 is 2.12 bits per heavy atom. The molecule has 0 spiro atoms. The zero-order chi connectivity index (χ0) is 12.3. The third kappa shape index (κ3) is 3.31. The molecule has 1 heterocycles. The Balaban J connectivity index is 2.50. The number of hydrogen-bond donors (Lipinski definition) is 1. The van der Waals surface area contributed by atoms with Crippen molar-refractivity contribution in [1.29, 1.82) is 0 Å². The zero-order valence-corrected chi connectivity index (χ0v) is 10.5. The molecule has 0 saturated carbocycles. The second-order valence-electron chi connectivity index (χ2n) is 4.03. The molecule has 0 amide bonds. The maximum Gasteiger partial charge on any atom is 0.309 e. The largest absolute Gasteiger partial charge is 0.469 e. The summed E-state index contributed by atoms with van der Waals surface area (Å²) in [5.41, 5.74) is 0. The Morgan fingerprint density at radius 1 is 1.50 bits per heavy atom. The van der Waals surface area contributed by atoms with Crippen LogP contribution in [0.1, 0.15) is 13.8 Å². The van der Waals surface area contributed by atoms with E-state index in [-0.39, 0.29) is 29.7 Å². The summed E-state index contributed by atoms with van der Waals surface area (Å²) in [6, 6.07) is -0.345. The minimum atomic E-state index is -3.05. The molecule has 3 unspecified atom stereocenters. The lowest BCUT2D eigenvalue weighted by Gasteiger charge is -2.22. The molecule has 1 aliphatic heterocycles. The summed E-state index contributed by atoms with van der Waals surface area (Å²) in [6.45, 7) is 3.58. The number of sulfone groups is 1.